The molecule has 0 aliphatic carbocycles. The topological polar surface area (TPSA) is 34.4 Å². The second-order valence-corrected chi connectivity index (χ2v) is 4.62. The quantitative estimate of drug-likeness (QED) is 0.879. The average Bonchev–Trinajstić information content (AvgIpc) is 2.87. The van der Waals surface area contributed by atoms with E-state index in [1.165, 1.54) is 12.1 Å². The molecule has 2 aromatic rings. The van der Waals surface area contributed by atoms with Crippen molar-refractivity contribution in [3.63, 3.8) is 0 Å². The second-order valence-electron chi connectivity index (χ2n) is 4.21. The first-order chi connectivity index (χ1) is 9.15. The molecule has 0 fully saturated rings. The van der Waals surface area contributed by atoms with Crippen molar-refractivity contribution in [2.24, 2.45) is 0 Å². The van der Waals surface area contributed by atoms with E-state index in [0.29, 0.717) is 18.8 Å². The fraction of sp³-hybridized carbons (Fsp3) is 0.286. The van der Waals surface area contributed by atoms with Crippen molar-refractivity contribution in [2.45, 2.75) is 19.6 Å². The Hall–Kier alpha value is -1.52. The summed E-state index contributed by atoms with van der Waals surface area (Å²) in [5, 5.41) is 3.27. The second kappa shape index (κ2) is 6.59. The van der Waals surface area contributed by atoms with Crippen molar-refractivity contribution in [2.75, 3.05) is 6.54 Å². The summed E-state index contributed by atoms with van der Waals surface area (Å²) in [5.74, 6) is 0.980. The predicted octanol–water partition coefficient (Wildman–Crippen LogP) is 3.63. The van der Waals surface area contributed by atoms with Crippen molar-refractivity contribution < 1.29 is 13.5 Å². The first-order valence-corrected chi connectivity index (χ1v) is 6.38. The Balaban J connectivity index is 1.77. The van der Waals surface area contributed by atoms with E-state index < -0.39 is 5.82 Å². The van der Waals surface area contributed by atoms with Crippen LogP contribution in [0.15, 0.2) is 41.0 Å². The predicted molar refractivity (Wildman–Crippen MR) is 71.9 cm³/mol. The number of hydrogen-bond donors (Lipinski definition) is 1. The normalized spacial score (nSPS) is 12.4. The average molecular weight is 284 g/mol. The van der Waals surface area contributed by atoms with Gasteiger partial charge in [0.2, 0.25) is 0 Å². The summed E-state index contributed by atoms with van der Waals surface area (Å²) in [4.78, 5) is 0. The first-order valence-electron chi connectivity index (χ1n) is 6.00. The van der Waals surface area contributed by atoms with Gasteiger partial charge in [0.15, 0.2) is 0 Å². The minimum absolute atomic E-state index is 0.0588. The van der Waals surface area contributed by atoms with E-state index in [-0.39, 0.29) is 11.1 Å². The third-order valence-corrected chi connectivity index (χ3v) is 2.83. The van der Waals surface area contributed by atoms with Gasteiger partial charge in [-0.2, -0.15) is 0 Å². The number of rotatable bonds is 6. The monoisotopic (exact) mass is 283 g/mol. The van der Waals surface area contributed by atoms with Gasteiger partial charge in [-0.25, -0.2) is 4.39 Å². The molecule has 0 bridgehead atoms. The fourth-order valence-corrected chi connectivity index (χ4v) is 1.81. The lowest BCUT2D eigenvalue weighted by molar-refractivity contribution is 0.215. The van der Waals surface area contributed by atoms with Crippen molar-refractivity contribution in [3.8, 4) is 5.75 Å². The molecule has 2 rings (SSSR count). The minimum atomic E-state index is -0.447. The maximum absolute atomic E-state index is 13.0. The Kier molecular flexibility index (Phi) is 4.82. The van der Waals surface area contributed by atoms with Crippen molar-refractivity contribution in [1.29, 1.82) is 0 Å². The molecule has 0 amide bonds. The Labute approximate surface area is 116 Å². The maximum atomic E-state index is 13.0. The third kappa shape index (κ3) is 4.26. The molecule has 1 aromatic heterocycles. The number of nitrogens with one attached hydrogen (secondary N) is 1. The Morgan fingerprint density at radius 2 is 2.26 bits per heavy atom. The maximum Gasteiger partial charge on any atom is 0.142 e. The van der Waals surface area contributed by atoms with Gasteiger partial charge in [-0.3, -0.25) is 0 Å². The Morgan fingerprint density at radius 1 is 1.42 bits per heavy atom. The van der Waals surface area contributed by atoms with Crippen molar-refractivity contribution in [3.05, 3.63) is 53.2 Å². The molecule has 1 heterocycles. The van der Waals surface area contributed by atoms with Gasteiger partial charge in [0.25, 0.3) is 0 Å². The SMILES string of the molecule is CC(CNCc1ccco1)Oc1ccc(F)c(Cl)c1. The van der Waals surface area contributed by atoms with Crippen LogP contribution >= 0.6 is 11.6 Å². The molecule has 1 unspecified atom stereocenters. The standard InChI is InChI=1S/C14H15ClFNO2/c1-10(8-17-9-12-3-2-6-18-12)19-11-4-5-14(16)13(15)7-11/h2-7,10,17H,8-9H2,1H3. The van der Waals surface area contributed by atoms with Gasteiger partial charge in [0.1, 0.15) is 23.4 Å². The smallest absolute Gasteiger partial charge is 0.142 e. The zero-order valence-electron chi connectivity index (χ0n) is 10.5. The lowest BCUT2D eigenvalue weighted by Gasteiger charge is -2.15. The molecule has 0 spiro atoms. The summed E-state index contributed by atoms with van der Waals surface area (Å²) in [7, 11) is 0. The van der Waals surface area contributed by atoms with Crippen LogP contribution in [0.3, 0.4) is 0 Å². The molecule has 102 valence electrons. The molecular formula is C14H15ClFNO2. The molecule has 5 heteroatoms. The molecule has 3 nitrogen and oxygen atoms in total. The van der Waals surface area contributed by atoms with E-state index in [2.05, 4.69) is 5.32 Å². The molecule has 0 aliphatic rings. The number of halogens is 2. The number of ether oxygens (including phenoxy) is 1. The molecular weight excluding hydrogens is 269 g/mol. The zero-order chi connectivity index (χ0) is 13.7. The Bertz CT molecular complexity index is 516. The van der Waals surface area contributed by atoms with E-state index in [1.807, 2.05) is 19.1 Å². The first kappa shape index (κ1) is 13.9. The highest BCUT2D eigenvalue weighted by Crippen LogP contribution is 2.21. The zero-order valence-corrected chi connectivity index (χ0v) is 11.3. The van der Waals surface area contributed by atoms with Gasteiger partial charge in [-0.1, -0.05) is 11.6 Å². The van der Waals surface area contributed by atoms with E-state index in [1.54, 1.807) is 12.3 Å². The van der Waals surface area contributed by atoms with Crippen LogP contribution in [0.2, 0.25) is 5.02 Å². The lowest BCUT2D eigenvalue weighted by Crippen LogP contribution is -2.28. The number of furan rings is 1. The van der Waals surface area contributed by atoms with Crippen LogP contribution in [-0.2, 0) is 6.54 Å². The van der Waals surface area contributed by atoms with Crippen LogP contribution in [0.25, 0.3) is 0 Å². The molecule has 0 radical (unpaired) electrons. The van der Waals surface area contributed by atoms with Crippen LogP contribution in [0.5, 0.6) is 5.75 Å². The number of hydrogen-bond acceptors (Lipinski definition) is 3. The summed E-state index contributed by atoms with van der Waals surface area (Å²) >= 11 is 5.69. The van der Waals surface area contributed by atoms with Crippen LogP contribution in [0, 0.1) is 5.82 Å². The largest absolute Gasteiger partial charge is 0.489 e. The van der Waals surface area contributed by atoms with Gasteiger partial charge in [-0.15, -0.1) is 0 Å². The Morgan fingerprint density at radius 3 is 2.95 bits per heavy atom. The van der Waals surface area contributed by atoms with Gasteiger partial charge < -0.3 is 14.5 Å². The molecule has 0 aliphatic heterocycles. The van der Waals surface area contributed by atoms with E-state index in [0.717, 1.165) is 5.76 Å². The summed E-state index contributed by atoms with van der Waals surface area (Å²) in [6, 6.07) is 8.07. The van der Waals surface area contributed by atoms with Gasteiger partial charge in [0, 0.05) is 12.6 Å². The van der Waals surface area contributed by atoms with Crippen LogP contribution in [-0.4, -0.2) is 12.6 Å². The minimum Gasteiger partial charge on any atom is -0.489 e. The van der Waals surface area contributed by atoms with Gasteiger partial charge in [-0.05, 0) is 31.2 Å². The van der Waals surface area contributed by atoms with E-state index in [4.69, 9.17) is 20.8 Å². The van der Waals surface area contributed by atoms with Crippen molar-refractivity contribution in [1.82, 2.24) is 5.32 Å². The van der Waals surface area contributed by atoms with Crippen LogP contribution in [0.4, 0.5) is 4.39 Å². The van der Waals surface area contributed by atoms with Crippen LogP contribution < -0.4 is 10.1 Å². The van der Waals surface area contributed by atoms with Crippen LogP contribution in [0.1, 0.15) is 12.7 Å². The summed E-state index contributed by atoms with van der Waals surface area (Å²) in [6.45, 7) is 3.22. The highest BCUT2D eigenvalue weighted by atomic mass is 35.5. The summed E-state index contributed by atoms with van der Waals surface area (Å²) in [5.41, 5.74) is 0. The molecule has 1 aromatic carbocycles. The fourth-order valence-electron chi connectivity index (χ4n) is 1.64. The van der Waals surface area contributed by atoms with Crippen molar-refractivity contribution >= 4 is 11.6 Å². The molecule has 19 heavy (non-hydrogen) atoms. The highest BCUT2D eigenvalue weighted by molar-refractivity contribution is 6.30. The highest BCUT2D eigenvalue weighted by Gasteiger charge is 2.06. The summed E-state index contributed by atoms with van der Waals surface area (Å²) in [6.07, 6.45) is 1.58. The molecule has 1 N–H and O–H groups in total. The van der Waals surface area contributed by atoms with Gasteiger partial charge in [0.05, 0.1) is 17.8 Å². The summed E-state index contributed by atoms with van der Waals surface area (Å²) < 4.78 is 23.8. The lowest BCUT2D eigenvalue weighted by atomic mass is 10.3. The molecule has 0 saturated heterocycles. The van der Waals surface area contributed by atoms with E-state index >= 15 is 0 Å². The third-order valence-electron chi connectivity index (χ3n) is 2.54. The van der Waals surface area contributed by atoms with Gasteiger partial charge >= 0.3 is 0 Å². The number of benzene rings is 1. The van der Waals surface area contributed by atoms with E-state index in [9.17, 15) is 4.39 Å². The molecule has 1 atom stereocenters. The molecule has 0 saturated carbocycles.